The van der Waals surface area contributed by atoms with Crippen LogP contribution in [0.1, 0.15) is 58.1 Å². The van der Waals surface area contributed by atoms with E-state index in [0.717, 1.165) is 12.1 Å². The molecule has 0 aromatic heterocycles. The second-order valence-corrected chi connectivity index (χ2v) is 13.3. The molecular weight excluding hydrogens is 634 g/mol. The van der Waals surface area contributed by atoms with Crippen LogP contribution in [0.5, 0.6) is 0 Å². The van der Waals surface area contributed by atoms with E-state index >= 15 is 0 Å². The minimum Gasteiger partial charge on any atom is -0.746 e. The number of carbonyl (C=O) groups is 4. The Bertz CT molecular complexity index is 2120. The largest absolute Gasteiger partial charge is 1.00 e. The second-order valence-electron chi connectivity index (χ2n) is 9.89. The molecule has 0 unspecified atom stereocenters. The number of nitrogens with two attached hydrogens (primary N) is 2. The fraction of sp³-hybridized carbons (Fsp3) is 0.0714. The van der Waals surface area contributed by atoms with Crippen molar-refractivity contribution >= 4 is 48.9 Å². The molecule has 0 saturated heterocycles. The Kier molecular flexibility index (Phi) is 8.70. The topological polar surface area (TPSA) is 235 Å². The molecule has 12 nitrogen and oxygen atoms in total. The molecule has 0 bridgehead atoms. The van der Waals surface area contributed by atoms with Gasteiger partial charge in [0.25, 0.3) is 0 Å². The van der Waals surface area contributed by atoms with Crippen LogP contribution in [0.4, 0.5) is 0 Å². The van der Waals surface area contributed by atoms with Gasteiger partial charge in [-0.3, -0.25) is 19.2 Å². The summed E-state index contributed by atoms with van der Waals surface area (Å²) in [6, 6.07) is 14.6. The molecule has 0 spiro atoms. The van der Waals surface area contributed by atoms with Crippen molar-refractivity contribution in [3.05, 3.63) is 123 Å². The molecule has 6 rings (SSSR count). The molecule has 3 aliphatic rings. The fourth-order valence-corrected chi connectivity index (χ4v) is 8.40. The normalized spacial score (nSPS) is 18.1. The van der Waals surface area contributed by atoms with E-state index in [9.17, 15) is 45.1 Å². The number of benzene rings is 3. The Labute approximate surface area is 294 Å². The van der Waals surface area contributed by atoms with Crippen molar-refractivity contribution in [3.63, 3.8) is 0 Å². The number of hydrogen-bond acceptors (Lipinski definition) is 12. The maximum atomic E-state index is 13.9. The van der Waals surface area contributed by atoms with Gasteiger partial charge in [-0.15, -0.1) is 0 Å². The number of ketones is 4. The van der Waals surface area contributed by atoms with Crippen LogP contribution in [-0.2, 0) is 20.2 Å². The van der Waals surface area contributed by atoms with Gasteiger partial charge in [-0.2, -0.15) is 0 Å². The molecule has 44 heavy (non-hydrogen) atoms. The first-order valence-electron chi connectivity index (χ1n) is 12.0. The van der Waals surface area contributed by atoms with Crippen LogP contribution >= 0.6 is 0 Å². The molecular formula is C28H16N2Na2O10S2. The average molecular weight is 651 g/mol. The van der Waals surface area contributed by atoms with Crippen molar-refractivity contribution in [3.8, 4) is 0 Å². The maximum absolute atomic E-state index is 13.9. The van der Waals surface area contributed by atoms with Crippen LogP contribution < -0.4 is 70.6 Å². The zero-order chi connectivity index (χ0) is 30.6. The van der Waals surface area contributed by atoms with E-state index in [1.165, 1.54) is 54.6 Å². The van der Waals surface area contributed by atoms with E-state index in [-0.39, 0.29) is 98.6 Å². The van der Waals surface area contributed by atoms with Gasteiger partial charge in [-0.25, -0.2) is 16.8 Å². The zero-order valence-electron chi connectivity index (χ0n) is 23.0. The molecule has 3 aromatic carbocycles. The number of rotatable bonds is 3. The molecule has 3 aromatic rings. The predicted molar refractivity (Wildman–Crippen MR) is 143 cm³/mol. The Morgan fingerprint density at radius 3 is 1.45 bits per heavy atom. The Hall–Kier alpha value is -2.44. The van der Waals surface area contributed by atoms with Gasteiger partial charge < -0.3 is 20.6 Å². The van der Waals surface area contributed by atoms with Crippen molar-refractivity contribution < 1.29 is 104 Å². The van der Waals surface area contributed by atoms with Gasteiger partial charge in [0.2, 0.25) is 4.08 Å². The average Bonchev–Trinajstić information content (AvgIpc) is 2.92. The first kappa shape index (κ1) is 34.4. The minimum absolute atomic E-state index is 0. The first-order valence-corrected chi connectivity index (χ1v) is 14.8. The molecule has 16 heteroatoms. The van der Waals surface area contributed by atoms with Crippen LogP contribution in [0, 0.1) is 0 Å². The summed E-state index contributed by atoms with van der Waals surface area (Å²) in [7, 11) is -12.8. The summed E-state index contributed by atoms with van der Waals surface area (Å²) in [6.45, 7) is 0. The van der Waals surface area contributed by atoms with Gasteiger partial charge in [0, 0.05) is 44.5 Å². The molecule has 212 valence electrons. The number of allylic oxidation sites excluding steroid dienone is 2. The van der Waals surface area contributed by atoms with Crippen LogP contribution in [-0.4, -0.2) is 58.8 Å². The molecule has 0 amide bonds. The summed E-state index contributed by atoms with van der Waals surface area (Å²) in [5.74, 6) is -3.61. The fourth-order valence-electron chi connectivity index (χ4n) is 5.85. The first-order chi connectivity index (χ1) is 19.6. The van der Waals surface area contributed by atoms with Gasteiger partial charge in [-0.05, 0) is 17.2 Å². The quantitative estimate of drug-likeness (QED) is 0.120. The van der Waals surface area contributed by atoms with E-state index in [1.807, 2.05) is 0 Å². The van der Waals surface area contributed by atoms with Crippen molar-refractivity contribution in [1.82, 2.24) is 0 Å². The molecule has 3 aliphatic carbocycles. The third-order valence-electron chi connectivity index (χ3n) is 7.70. The Morgan fingerprint density at radius 2 is 0.955 bits per heavy atom. The SMILES string of the molecule is NC1(N)C2=C(C(=O)c3ccccc3C2=O)C(c2cccc3c2C(=O)c2ccccc2C3=O)=CC1(S(=O)(=O)[O-])S(=O)(=O)[O-].[Na+].[Na+]. The molecule has 0 fully saturated rings. The van der Waals surface area contributed by atoms with Gasteiger partial charge >= 0.3 is 59.1 Å². The van der Waals surface area contributed by atoms with E-state index in [1.54, 1.807) is 0 Å². The third kappa shape index (κ3) is 4.40. The van der Waals surface area contributed by atoms with Crippen molar-refractivity contribution in [2.24, 2.45) is 11.5 Å². The smallest absolute Gasteiger partial charge is 0.746 e. The zero-order valence-corrected chi connectivity index (χ0v) is 28.6. The van der Waals surface area contributed by atoms with Gasteiger partial charge in [0.1, 0.15) is 25.9 Å². The van der Waals surface area contributed by atoms with Gasteiger partial charge in [-0.1, -0.05) is 66.7 Å². The molecule has 0 heterocycles. The van der Waals surface area contributed by atoms with E-state index in [0.29, 0.717) is 0 Å². The minimum atomic E-state index is -6.38. The predicted octanol–water partition coefficient (Wildman–Crippen LogP) is -5.36. The molecule has 0 aliphatic heterocycles. The van der Waals surface area contributed by atoms with E-state index in [4.69, 9.17) is 11.5 Å². The number of fused-ring (bicyclic) bond motifs is 3. The number of hydrogen-bond donors (Lipinski definition) is 2. The summed E-state index contributed by atoms with van der Waals surface area (Å²) in [4.78, 5) is 54.8. The Morgan fingerprint density at radius 1 is 0.545 bits per heavy atom. The summed E-state index contributed by atoms with van der Waals surface area (Å²) < 4.78 is 72.2. The van der Waals surface area contributed by atoms with E-state index < -0.39 is 75.4 Å². The van der Waals surface area contributed by atoms with E-state index in [2.05, 4.69) is 0 Å². The van der Waals surface area contributed by atoms with Crippen molar-refractivity contribution in [2.45, 2.75) is 9.74 Å². The van der Waals surface area contributed by atoms with Crippen molar-refractivity contribution in [2.75, 3.05) is 0 Å². The Balaban J connectivity index is 0.00000221. The van der Waals surface area contributed by atoms with Crippen LogP contribution in [0.2, 0.25) is 0 Å². The number of carbonyl (C=O) groups excluding carboxylic acids is 4. The standard InChI is InChI=1S/C28H18N2O10S2.2Na/c29-28(30)22-21(25(33)16-8-3-4-9-17(16)26(22)34)19(12-27(28,41(35,36)37)42(38,39)40)13-10-5-11-18-20(13)24(32)15-7-2-1-6-14(15)23(18)31;;/h1-12H,29-30H2,(H,35,36,37)(H,38,39,40);;/q;2*+1/p-2. The molecule has 4 N–H and O–H groups in total. The third-order valence-corrected chi connectivity index (χ3v) is 11.3. The monoisotopic (exact) mass is 650 g/mol. The van der Waals surface area contributed by atoms with Crippen LogP contribution in [0.3, 0.4) is 0 Å². The van der Waals surface area contributed by atoms with Crippen LogP contribution in [0.25, 0.3) is 5.57 Å². The summed E-state index contributed by atoms with van der Waals surface area (Å²) >= 11 is 0. The summed E-state index contributed by atoms with van der Waals surface area (Å²) in [6.07, 6.45) is 0.115. The summed E-state index contributed by atoms with van der Waals surface area (Å²) in [5.41, 5.74) is 4.28. The molecule has 0 radical (unpaired) electrons. The second kappa shape index (κ2) is 11.1. The number of Topliss-reactive ketones (excluding diaryl/α,β-unsaturated/α-hetero) is 2. The van der Waals surface area contributed by atoms with Crippen molar-refractivity contribution in [1.29, 1.82) is 0 Å². The summed E-state index contributed by atoms with van der Waals surface area (Å²) in [5, 5.41) is 0. The van der Waals surface area contributed by atoms with Crippen LogP contribution in [0.15, 0.2) is 84.0 Å². The molecule has 0 atom stereocenters. The van der Waals surface area contributed by atoms with Gasteiger partial charge in [0.05, 0.1) is 0 Å². The maximum Gasteiger partial charge on any atom is 1.00 e. The molecule has 0 saturated carbocycles. The van der Waals surface area contributed by atoms with Gasteiger partial charge in [0.15, 0.2) is 23.1 Å².